The highest BCUT2D eigenvalue weighted by molar-refractivity contribution is 5.72. The number of rotatable bonds is 6. The van der Waals surface area contributed by atoms with Gasteiger partial charge in [0.1, 0.15) is 6.54 Å². The van der Waals surface area contributed by atoms with Gasteiger partial charge in [-0.3, -0.25) is 4.79 Å². The fourth-order valence-corrected chi connectivity index (χ4v) is 1.07. The normalized spacial score (nSPS) is 9.93. The van der Waals surface area contributed by atoms with Gasteiger partial charge in [-0.25, -0.2) is 9.97 Å². The molecule has 1 aromatic heterocycles. The van der Waals surface area contributed by atoms with E-state index in [9.17, 15) is 4.79 Å². The zero-order valence-corrected chi connectivity index (χ0v) is 8.46. The fourth-order valence-electron chi connectivity index (χ4n) is 1.07. The van der Waals surface area contributed by atoms with E-state index in [0.717, 1.165) is 0 Å². The van der Waals surface area contributed by atoms with Crippen LogP contribution < -0.4 is 4.90 Å². The SMILES string of the molecule is COCCN(CC(=O)O)c1ncccn1. The molecule has 0 amide bonds. The van der Waals surface area contributed by atoms with Crippen molar-refractivity contribution < 1.29 is 14.6 Å². The molecular weight excluding hydrogens is 198 g/mol. The van der Waals surface area contributed by atoms with Crippen molar-refractivity contribution >= 4 is 11.9 Å². The lowest BCUT2D eigenvalue weighted by molar-refractivity contribution is -0.135. The van der Waals surface area contributed by atoms with Crippen LogP contribution in [0.15, 0.2) is 18.5 Å². The van der Waals surface area contributed by atoms with Gasteiger partial charge in [-0.15, -0.1) is 0 Å². The van der Waals surface area contributed by atoms with E-state index < -0.39 is 5.97 Å². The van der Waals surface area contributed by atoms with Crippen molar-refractivity contribution in [3.8, 4) is 0 Å². The minimum atomic E-state index is -0.918. The number of aromatic nitrogens is 2. The summed E-state index contributed by atoms with van der Waals surface area (Å²) in [4.78, 5) is 20.1. The summed E-state index contributed by atoms with van der Waals surface area (Å²) in [5.74, 6) is -0.518. The minimum Gasteiger partial charge on any atom is -0.480 e. The highest BCUT2D eigenvalue weighted by Gasteiger charge is 2.11. The van der Waals surface area contributed by atoms with Crippen LogP contribution in [0.2, 0.25) is 0 Å². The smallest absolute Gasteiger partial charge is 0.323 e. The Kier molecular flexibility index (Phi) is 4.49. The number of aliphatic carboxylic acids is 1. The topological polar surface area (TPSA) is 75.5 Å². The molecule has 0 aliphatic rings. The maximum absolute atomic E-state index is 10.6. The largest absolute Gasteiger partial charge is 0.480 e. The Hall–Kier alpha value is -1.69. The standard InChI is InChI=1S/C9H13N3O3/c1-15-6-5-12(7-8(13)14)9-10-3-2-4-11-9/h2-4H,5-7H2,1H3,(H,13,14). The van der Waals surface area contributed by atoms with Crippen molar-refractivity contribution in [3.63, 3.8) is 0 Å². The summed E-state index contributed by atoms with van der Waals surface area (Å²) < 4.78 is 4.89. The molecule has 1 aromatic rings. The summed E-state index contributed by atoms with van der Waals surface area (Å²) in [6.07, 6.45) is 3.15. The van der Waals surface area contributed by atoms with E-state index in [4.69, 9.17) is 9.84 Å². The highest BCUT2D eigenvalue weighted by Crippen LogP contribution is 2.03. The second-order valence-electron chi connectivity index (χ2n) is 2.86. The molecule has 1 rings (SSSR count). The van der Waals surface area contributed by atoms with E-state index in [0.29, 0.717) is 19.1 Å². The van der Waals surface area contributed by atoms with Gasteiger partial charge in [0.05, 0.1) is 6.61 Å². The minimum absolute atomic E-state index is 0.132. The molecule has 82 valence electrons. The first-order valence-corrected chi connectivity index (χ1v) is 4.46. The van der Waals surface area contributed by atoms with Crippen LogP contribution >= 0.6 is 0 Å². The second-order valence-corrected chi connectivity index (χ2v) is 2.86. The molecular formula is C9H13N3O3. The average Bonchev–Trinajstić information content (AvgIpc) is 2.25. The Labute approximate surface area is 87.5 Å². The first-order chi connectivity index (χ1) is 7.24. The van der Waals surface area contributed by atoms with Gasteiger partial charge in [0, 0.05) is 26.0 Å². The van der Waals surface area contributed by atoms with E-state index in [1.807, 2.05) is 0 Å². The summed E-state index contributed by atoms with van der Waals surface area (Å²) in [6.45, 7) is 0.756. The Balaban J connectivity index is 2.67. The van der Waals surface area contributed by atoms with Gasteiger partial charge in [0.25, 0.3) is 0 Å². The van der Waals surface area contributed by atoms with Crippen molar-refractivity contribution in [2.75, 3.05) is 31.7 Å². The predicted molar refractivity (Wildman–Crippen MR) is 53.8 cm³/mol. The molecule has 0 aliphatic heterocycles. The number of hydrogen-bond donors (Lipinski definition) is 1. The van der Waals surface area contributed by atoms with Crippen LogP contribution in [0.25, 0.3) is 0 Å². The maximum Gasteiger partial charge on any atom is 0.323 e. The third-order valence-electron chi connectivity index (χ3n) is 1.73. The van der Waals surface area contributed by atoms with Crippen LogP contribution in [0.3, 0.4) is 0 Å². The molecule has 0 saturated carbocycles. The third-order valence-corrected chi connectivity index (χ3v) is 1.73. The highest BCUT2D eigenvalue weighted by atomic mass is 16.5. The summed E-state index contributed by atoms with van der Waals surface area (Å²) >= 11 is 0. The molecule has 1 N–H and O–H groups in total. The number of carbonyl (C=O) groups is 1. The summed E-state index contributed by atoms with van der Waals surface area (Å²) in [7, 11) is 1.56. The fraction of sp³-hybridized carbons (Fsp3) is 0.444. The Morgan fingerprint density at radius 2 is 2.20 bits per heavy atom. The van der Waals surface area contributed by atoms with Gasteiger partial charge in [-0.2, -0.15) is 0 Å². The van der Waals surface area contributed by atoms with Crippen LogP contribution in [0, 0.1) is 0 Å². The maximum atomic E-state index is 10.6. The van der Waals surface area contributed by atoms with E-state index >= 15 is 0 Å². The third kappa shape index (κ3) is 3.90. The summed E-state index contributed by atoms with van der Waals surface area (Å²) in [5, 5.41) is 8.71. The van der Waals surface area contributed by atoms with Crippen LogP contribution in [-0.4, -0.2) is 47.8 Å². The lowest BCUT2D eigenvalue weighted by Crippen LogP contribution is -2.33. The predicted octanol–water partition coefficient (Wildman–Crippen LogP) is 0.0140. The number of ether oxygens (including phenoxy) is 1. The number of methoxy groups -OCH3 is 1. The Morgan fingerprint density at radius 3 is 2.73 bits per heavy atom. The van der Waals surface area contributed by atoms with Gasteiger partial charge >= 0.3 is 5.97 Å². The van der Waals surface area contributed by atoms with Crippen LogP contribution in [0.1, 0.15) is 0 Å². The molecule has 0 aliphatic carbocycles. The second kappa shape index (κ2) is 5.92. The first kappa shape index (κ1) is 11.4. The summed E-state index contributed by atoms with van der Waals surface area (Å²) in [5.41, 5.74) is 0. The number of carboxylic acids is 1. The first-order valence-electron chi connectivity index (χ1n) is 4.46. The molecule has 15 heavy (non-hydrogen) atoms. The molecule has 0 spiro atoms. The van der Waals surface area contributed by atoms with Gasteiger partial charge in [0.2, 0.25) is 5.95 Å². The van der Waals surface area contributed by atoms with E-state index in [1.54, 1.807) is 30.5 Å². The van der Waals surface area contributed by atoms with Gasteiger partial charge < -0.3 is 14.7 Å². The van der Waals surface area contributed by atoms with Crippen LogP contribution in [-0.2, 0) is 9.53 Å². The summed E-state index contributed by atoms with van der Waals surface area (Å²) in [6, 6.07) is 1.68. The molecule has 0 saturated heterocycles. The molecule has 6 nitrogen and oxygen atoms in total. The van der Waals surface area contributed by atoms with E-state index in [1.165, 1.54) is 0 Å². The van der Waals surface area contributed by atoms with Crippen molar-refractivity contribution in [2.45, 2.75) is 0 Å². The van der Waals surface area contributed by atoms with Crippen LogP contribution in [0.4, 0.5) is 5.95 Å². The van der Waals surface area contributed by atoms with Crippen molar-refractivity contribution in [3.05, 3.63) is 18.5 Å². The zero-order chi connectivity index (χ0) is 11.1. The Morgan fingerprint density at radius 1 is 1.53 bits per heavy atom. The number of hydrogen-bond acceptors (Lipinski definition) is 5. The molecule has 0 aromatic carbocycles. The van der Waals surface area contributed by atoms with E-state index in [2.05, 4.69) is 9.97 Å². The number of nitrogens with zero attached hydrogens (tertiary/aromatic N) is 3. The molecule has 1 heterocycles. The number of anilines is 1. The lowest BCUT2D eigenvalue weighted by Gasteiger charge is -2.19. The molecule has 6 heteroatoms. The van der Waals surface area contributed by atoms with Crippen molar-refractivity contribution in [1.29, 1.82) is 0 Å². The molecule has 0 atom stereocenters. The molecule has 0 radical (unpaired) electrons. The van der Waals surface area contributed by atoms with E-state index in [-0.39, 0.29) is 6.54 Å². The van der Waals surface area contributed by atoms with Gasteiger partial charge in [-0.1, -0.05) is 0 Å². The van der Waals surface area contributed by atoms with Crippen LogP contribution in [0.5, 0.6) is 0 Å². The van der Waals surface area contributed by atoms with Gasteiger partial charge in [-0.05, 0) is 6.07 Å². The molecule has 0 bridgehead atoms. The lowest BCUT2D eigenvalue weighted by atomic mass is 10.5. The quantitative estimate of drug-likeness (QED) is 0.714. The number of carboxylic acid groups (broad SMARTS) is 1. The zero-order valence-electron chi connectivity index (χ0n) is 8.46. The van der Waals surface area contributed by atoms with Gasteiger partial charge in [0.15, 0.2) is 0 Å². The molecule has 0 unspecified atom stereocenters. The molecule has 0 fully saturated rings. The van der Waals surface area contributed by atoms with Crippen molar-refractivity contribution in [1.82, 2.24) is 9.97 Å². The average molecular weight is 211 g/mol. The Bertz CT molecular complexity index is 305. The monoisotopic (exact) mass is 211 g/mol. The van der Waals surface area contributed by atoms with Crippen molar-refractivity contribution in [2.24, 2.45) is 0 Å².